The van der Waals surface area contributed by atoms with E-state index < -0.39 is 10.7 Å². The second-order valence-electron chi connectivity index (χ2n) is 6.59. The molecule has 0 unspecified atom stereocenters. The molecular formula is C21H18N2O3S. The molecule has 2 aromatic carbocycles. The maximum atomic E-state index is 13.1. The lowest BCUT2D eigenvalue weighted by Crippen LogP contribution is -2.44. The number of hydrogen-bond donors (Lipinski definition) is 0. The molecule has 5 nitrogen and oxygen atoms in total. The summed E-state index contributed by atoms with van der Waals surface area (Å²) >= 11 is 1.32. The quantitative estimate of drug-likeness (QED) is 0.765. The summed E-state index contributed by atoms with van der Waals surface area (Å²) in [5, 5.41) is 0.612. The van der Waals surface area contributed by atoms with Crippen LogP contribution in [0.1, 0.15) is 25.3 Å². The number of aliphatic imine (C=N–C) groups is 1. The minimum absolute atomic E-state index is 0.0257. The van der Waals surface area contributed by atoms with Crippen LogP contribution in [0.2, 0.25) is 0 Å². The zero-order valence-corrected chi connectivity index (χ0v) is 15.6. The van der Waals surface area contributed by atoms with Crippen molar-refractivity contribution in [3.63, 3.8) is 0 Å². The molecule has 0 saturated carbocycles. The van der Waals surface area contributed by atoms with Crippen LogP contribution in [-0.4, -0.2) is 27.5 Å². The number of nitrogens with zero attached hydrogens (tertiary/aromatic N) is 2. The highest BCUT2D eigenvalue weighted by molar-refractivity contribution is 8.16. The van der Waals surface area contributed by atoms with Crippen molar-refractivity contribution in [3.8, 4) is 0 Å². The number of anilines is 1. The Morgan fingerprint density at radius 3 is 2.30 bits per heavy atom. The van der Waals surface area contributed by atoms with Gasteiger partial charge in [-0.1, -0.05) is 67.2 Å². The van der Waals surface area contributed by atoms with E-state index in [4.69, 9.17) is 0 Å². The first-order valence-electron chi connectivity index (χ1n) is 8.86. The minimum atomic E-state index is -1.03. The van der Waals surface area contributed by atoms with Crippen LogP contribution < -0.4 is 4.90 Å². The lowest BCUT2D eigenvalue weighted by molar-refractivity contribution is -0.128. The first kappa shape index (κ1) is 17.7. The van der Waals surface area contributed by atoms with E-state index in [2.05, 4.69) is 4.99 Å². The fourth-order valence-electron chi connectivity index (χ4n) is 3.66. The third-order valence-corrected chi connectivity index (χ3v) is 6.75. The Bertz CT molecular complexity index is 942. The van der Waals surface area contributed by atoms with Crippen molar-refractivity contribution < 1.29 is 14.4 Å². The largest absolute Gasteiger partial charge is 0.274 e. The van der Waals surface area contributed by atoms with Crippen molar-refractivity contribution in [2.75, 3.05) is 4.90 Å². The molecule has 1 saturated heterocycles. The average molecular weight is 378 g/mol. The first-order chi connectivity index (χ1) is 13.1. The van der Waals surface area contributed by atoms with Gasteiger partial charge in [0.2, 0.25) is 11.8 Å². The Morgan fingerprint density at radius 2 is 1.67 bits per heavy atom. The number of amides is 3. The third kappa shape index (κ3) is 2.80. The molecule has 4 rings (SSSR count). The van der Waals surface area contributed by atoms with E-state index in [1.165, 1.54) is 16.7 Å². The minimum Gasteiger partial charge on any atom is -0.274 e. The van der Waals surface area contributed by atoms with E-state index in [0.29, 0.717) is 17.2 Å². The van der Waals surface area contributed by atoms with Crippen LogP contribution in [0.25, 0.3) is 0 Å². The number of hydrogen-bond acceptors (Lipinski definition) is 4. The number of carbonyl (C=O) groups is 3. The monoisotopic (exact) mass is 378 g/mol. The maximum Gasteiger partial charge on any atom is 0.264 e. The molecule has 0 aromatic heterocycles. The van der Waals surface area contributed by atoms with Crippen molar-refractivity contribution in [2.45, 2.75) is 24.5 Å². The van der Waals surface area contributed by atoms with Gasteiger partial charge in [0, 0.05) is 12.0 Å². The molecule has 2 aliphatic heterocycles. The SMILES string of the molecule is CC[C@@]1([C@@H]2CC(=O)N(c3ccccc3)C2=O)SC(c2ccccc2)=NC1=O. The summed E-state index contributed by atoms with van der Waals surface area (Å²) in [5.74, 6) is -1.63. The van der Waals surface area contributed by atoms with Gasteiger partial charge in [0.25, 0.3) is 5.91 Å². The molecule has 2 atom stereocenters. The second-order valence-corrected chi connectivity index (χ2v) is 7.91. The lowest BCUT2D eigenvalue weighted by atomic mass is 9.87. The third-order valence-electron chi connectivity index (χ3n) is 5.11. The molecule has 0 spiro atoms. The van der Waals surface area contributed by atoms with Crippen LogP contribution in [0.15, 0.2) is 65.7 Å². The van der Waals surface area contributed by atoms with E-state index in [9.17, 15) is 14.4 Å². The van der Waals surface area contributed by atoms with Crippen LogP contribution in [0.4, 0.5) is 5.69 Å². The molecule has 3 amide bonds. The molecule has 2 aromatic rings. The normalized spacial score (nSPS) is 25.2. The van der Waals surface area contributed by atoms with Gasteiger partial charge in [0.05, 0.1) is 11.6 Å². The zero-order valence-electron chi connectivity index (χ0n) is 14.8. The molecular weight excluding hydrogens is 360 g/mol. The highest BCUT2D eigenvalue weighted by Gasteiger charge is 2.58. The molecule has 2 aliphatic rings. The number of rotatable bonds is 4. The van der Waals surface area contributed by atoms with Crippen LogP contribution in [-0.2, 0) is 14.4 Å². The summed E-state index contributed by atoms with van der Waals surface area (Å²) in [6.45, 7) is 1.87. The Hall–Kier alpha value is -2.73. The Labute approximate surface area is 161 Å². The van der Waals surface area contributed by atoms with Crippen molar-refractivity contribution in [1.29, 1.82) is 0 Å². The topological polar surface area (TPSA) is 66.8 Å². The van der Waals surface area contributed by atoms with Crippen molar-refractivity contribution in [1.82, 2.24) is 0 Å². The van der Waals surface area contributed by atoms with Crippen LogP contribution in [0.5, 0.6) is 0 Å². The standard InChI is InChI=1S/C21H18N2O3S/c1-2-21(20(26)22-18(27-21)14-9-5-3-6-10-14)16-13-17(24)23(19(16)25)15-11-7-4-8-12-15/h3-12,16H,2,13H2,1H3/t16-,21+/m1/s1. The number of para-hydroxylation sites is 1. The summed E-state index contributed by atoms with van der Waals surface area (Å²) in [7, 11) is 0. The van der Waals surface area contributed by atoms with Gasteiger partial charge < -0.3 is 0 Å². The van der Waals surface area contributed by atoms with Gasteiger partial charge in [-0.25, -0.2) is 4.99 Å². The Kier molecular flexibility index (Phi) is 4.44. The number of thioether (sulfide) groups is 1. The van der Waals surface area contributed by atoms with E-state index in [1.807, 2.05) is 43.3 Å². The first-order valence-corrected chi connectivity index (χ1v) is 9.68. The number of imide groups is 1. The molecule has 27 heavy (non-hydrogen) atoms. The zero-order chi connectivity index (χ0) is 19.0. The van der Waals surface area contributed by atoms with E-state index in [1.54, 1.807) is 24.3 Å². The van der Waals surface area contributed by atoms with E-state index in [-0.39, 0.29) is 24.1 Å². The summed E-state index contributed by atoms with van der Waals surface area (Å²) in [4.78, 5) is 44.1. The molecule has 0 N–H and O–H groups in total. The van der Waals surface area contributed by atoms with Gasteiger partial charge in [0.1, 0.15) is 9.79 Å². The molecule has 2 heterocycles. The summed E-state index contributed by atoms with van der Waals surface area (Å²) < 4.78 is -1.03. The summed E-state index contributed by atoms with van der Waals surface area (Å²) in [6.07, 6.45) is 0.459. The number of carbonyl (C=O) groups excluding carboxylic acids is 3. The predicted octanol–water partition coefficient (Wildman–Crippen LogP) is 3.44. The van der Waals surface area contributed by atoms with Gasteiger partial charge in [-0.15, -0.1) is 0 Å². The molecule has 1 fully saturated rings. The van der Waals surface area contributed by atoms with Gasteiger partial charge >= 0.3 is 0 Å². The number of benzene rings is 2. The smallest absolute Gasteiger partial charge is 0.264 e. The predicted molar refractivity (Wildman–Crippen MR) is 106 cm³/mol. The van der Waals surface area contributed by atoms with Crippen molar-refractivity contribution in [3.05, 3.63) is 66.2 Å². The fraction of sp³-hybridized carbons (Fsp3) is 0.238. The highest BCUT2D eigenvalue weighted by Crippen LogP contribution is 2.48. The van der Waals surface area contributed by atoms with E-state index >= 15 is 0 Å². The molecule has 136 valence electrons. The highest BCUT2D eigenvalue weighted by atomic mass is 32.2. The maximum absolute atomic E-state index is 13.1. The summed E-state index contributed by atoms with van der Waals surface area (Å²) in [5.41, 5.74) is 1.39. The van der Waals surface area contributed by atoms with Gasteiger partial charge in [-0.05, 0) is 18.6 Å². The van der Waals surface area contributed by atoms with Crippen molar-refractivity contribution in [2.24, 2.45) is 10.9 Å². The van der Waals surface area contributed by atoms with Gasteiger partial charge in [-0.2, -0.15) is 0 Å². The average Bonchev–Trinajstić information content (AvgIpc) is 3.20. The Balaban J connectivity index is 1.67. The second kappa shape index (κ2) is 6.78. The van der Waals surface area contributed by atoms with Crippen LogP contribution in [0, 0.1) is 5.92 Å². The lowest BCUT2D eigenvalue weighted by Gasteiger charge is -2.29. The van der Waals surface area contributed by atoms with E-state index in [0.717, 1.165) is 5.56 Å². The molecule has 0 bridgehead atoms. The molecule has 6 heteroatoms. The van der Waals surface area contributed by atoms with Gasteiger partial charge in [0.15, 0.2) is 0 Å². The van der Waals surface area contributed by atoms with Crippen molar-refractivity contribution >= 4 is 40.2 Å². The Morgan fingerprint density at radius 1 is 1.04 bits per heavy atom. The fourth-order valence-corrected chi connectivity index (χ4v) is 5.00. The summed E-state index contributed by atoms with van der Waals surface area (Å²) in [6, 6.07) is 18.3. The molecule has 0 radical (unpaired) electrons. The van der Waals surface area contributed by atoms with Crippen LogP contribution >= 0.6 is 11.8 Å². The molecule has 0 aliphatic carbocycles. The van der Waals surface area contributed by atoms with Gasteiger partial charge in [-0.3, -0.25) is 19.3 Å². The van der Waals surface area contributed by atoms with Crippen LogP contribution in [0.3, 0.4) is 0 Å².